The Bertz CT molecular complexity index is 725. The number of halogens is 4. The van der Waals surface area contributed by atoms with Gasteiger partial charge in [-0.3, -0.25) is 0 Å². The Balaban J connectivity index is 0.00000338. The standard InChI is InChI=1S/C17H21ClF2N4O.HI/c1-3-21-17(22-9-12-6-7-24(2)11-12)23-10-13-8-14(18)4-5-15(13)25-16(19)20;/h4-8,11,16H,3,9-10H2,1-2H3,(H2,21,22,23);1H. The molecule has 9 heteroatoms. The molecule has 2 aromatic rings. The maximum absolute atomic E-state index is 12.5. The first-order valence-corrected chi connectivity index (χ1v) is 8.22. The van der Waals surface area contributed by atoms with E-state index in [0.717, 1.165) is 5.56 Å². The molecule has 0 aliphatic rings. The molecule has 0 amide bonds. The summed E-state index contributed by atoms with van der Waals surface area (Å²) in [5.41, 5.74) is 1.60. The fraction of sp³-hybridized carbons (Fsp3) is 0.353. The number of nitrogens with one attached hydrogen (secondary N) is 2. The van der Waals surface area contributed by atoms with Crippen LogP contribution < -0.4 is 15.4 Å². The van der Waals surface area contributed by atoms with E-state index in [1.165, 1.54) is 12.1 Å². The molecule has 2 N–H and O–H groups in total. The number of hydrogen-bond acceptors (Lipinski definition) is 2. The van der Waals surface area contributed by atoms with Gasteiger partial charge in [-0.15, -0.1) is 24.0 Å². The first-order chi connectivity index (χ1) is 12.0. The number of ether oxygens (including phenoxy) is 1. The van der Waals surface area contributed by atoms with Crippen molar-refractivity contribution in [3.05, 3.63) is 52.8 Å². The van der Waals surface area contributed by atoms with Gasteiger partial charge >= 0.3 is 6.61 Å². The molecule has 0 saturated heterocycles. The molecule has 26 heavy (non-hydrogen) atoms. The van der Waals surface area contributed by atoms with Crippen molar-refractivity contribution < 1.29 is 13.5 Å². The zero-order chi connectivity index (χ0) is 18.2. The summed E-state index contributed by atoms with van der Waals surface area (Å²) in [5, 5.41) is 6.67. The lowest BCUT2D eigenvalue weighted by Crippen LogP contribution is -2.36. The number of benzene rings is 1. The molecule has 1 aromatic heterocycles. The quantitative estimate of drug-likeness (QED) is 0.343. The molecule has 2 rings (SSSR count). The zero-order valence-electron chi connectivity index (χ0n) is 14.5. The van der Waals surface area contributed by atoms with E-state index in [9.17, 15) is 8.78 Å². The Morgan fingerprint density at radius 2 is 2.08 bits per heavy atom. The minimum Gasteiger partial charge on any atom is -0.434 e. The van der Waals surface area contributed by atoms with Gasteiger partial charge in [0.2, 0.25) is 0 Å². The predicted octanol–water partition coefficient (Wildman–Crippen LogP) is 4.15. The van der Waals surface area contributed by atoms with Crippen molar-refractivity contribution >= 4 is 41.5 Å². The van der Waals surface area contributed by atoms with Gasteiger partial charge in [0, 0.05) is 43.1 Å². The molecule has 0 aliphatic carbocycles. The largest absolute Gasteiger partial charge is 0.434 e. The van der Waals surface area contributed by atoms with Crippen LogP contribution in [0.3, 0.4) is 0 Å². The molecular weight excluding hydrogens is 477 g/mol. The third-order valence-corrected chi connectivity index (χ3v) is 3.58. The summed E-state index contributed by atoms with van der Waals surface area (Å²) in [7, 11) is 1.94. The average molecular weight is 499 g/mol. The van der Waals surface area contributed by atoms with Crippen LogP contribution in [-0.2, 0) is 20.1 Å². The molecule has 0 atom stereocenters. The second-order valence-corrected chi connectivity index (χ2v) is 5.80. The highest BCUT2D eigenvalue weighted by Crippen LogP contribution is 2.24. The van der Waals surface area contributed by atoms with E-state index in [1.54, 1.807) is 6.07 Å². The van der Waals surface area contributed by atoms with Crippen LogP contribution in [0.2, 0.25) is 5.02 Å². The summed E-state index contributed by atoms with van der Waals surface area (Å²) >= 11 is 5.95. The lowest BCUT2D eigenvalue weighted by atomic mass is 10.2. The van der Waals surface area contributed by atoms with Gasteiger partial charge in [-0.05, 0) is 36.8 Å². The third-order valence-electron chi connectivity index (χ3n) is 3.34. The first-order valence-electron chi connectivity index (χ1n) is 7.84. The second-order valence-electron chi connectivity index (χ2n) is 5.36. The molecule has 0 aliphatic heterocycles. The van der Waals surface area contributed by atoms with Crippen LogP contribution in [0.25, 0.3) is 0 Å². The first kappa shape index (κ1) is 22.5. The molecule has 0 spiro atoms. The van der Waals surface area contributed by atoms with Crippen molar-refractivity contribution in [2.45, 2.75) is 26.6 Å². The molecule has 0 bridgehead atoms. The molecular formula is C17H22ClF2IN4O. The van der Waals surface area contributed by atoms with Gasteiger partial charge in [0.15, 0.2) is 5.96 Å². The van der Waals surface area contributed by atoms with Gasteiger partial charge in [-0.2, -0.15) is 8.78 Å². The number of aliphatic imine (C=N–C) groups is 1. The molecule has 144 valence electrons. The van der Waals surface area contributed by atoms with Gasteiger partial charge in [-0.25, -0.2) is 4.99 Å². The summed E-state index contributed by atoms with van der Waals surface area (Å²) in [6.45, 7) is 0.496. The number of guanidine groups is 1. The molecule has 0 unspecified atom stereocenters. The van der Waals surface area contributed by atoms with Crippen LogP contribution in [0.15, 0.2) is 41.7 Å². The fourth-order valence-electron chi connectivity index (χ4n) is 2.24. The van der Waals surface area contributed by atoms with Crippen LogP contribution in [0, 0.1) is 0 Å². The maximum atomic E-state index is 12.5. The number of alkyl halides is 2. The summed E-state index contributed by atoms with van der Waals surface area (Å²) < 4.78 is 31.5. The highest BCUT2D eigenvalue weighted by atomic mass is 127. The summed E-state index contributed by atoms with van der Waals surface area (Å²) in [5.74, 6) is 0.667. The molecule has 1 heterocycles. The van der Waals surface area contributed by atoms with E-state index in [-0.39, 0.29) is 36.3 Å². The van der Waals surface area contributed by atoms with Gasteiger partial charge < -0.3 is 19.9 Å². The van der Waals surface area contributed by atoms with Crippen molar-refractivity contribution in [2.75, 3.05) is 6.54 Å². The number of aromatic nitrogens is 1. The SMILES string of the molecule is CCNC(=NCc1ccn(C)c1)NCc1cc(Cl)ccc1OC(F)F.I. The van der Waals surface area contributed by atoms with Crippen LogP contribution in [-0.4, -0.2) is 23.7 Å². The van der Waals surface area contributed by atoms with E-state index in [0.29, 0.717) is 29.6 Å². The normalized spacial score (nSPS) is 11.2. The van der Waals surface area contributed by atoms with Crippen molar-refractivity contribution in [3.8, 4) is 5.75 Å². The maximum Gasteiger partial charge on any atom is 0.387 e. The molecule has 0 radical (unpaired) electrons. The van der Waals surface area contributed by atoms with Crippen LogP contribution in [0.5, 0.6) is 5.75 Å². The lowest BCUT2D eigenvalue weighted by Gasteiger charge is -2.14. The Morgan fingerprint density at radius 3 is 2.69 bits per heavy atom. The van der Waals surface area contributed by atoms with Crippen molar-refractivity contribution in [2.24, 2.45) is 12.0 Å². The van der Waals surface area contributed by atoms with E-state index in [1.807, 2.05) is 37.0 Å². The number of aryl methyl sites for hydroxylation is 1. The van der Waals surface area contributed by atoms with E-state index in [2.05, 4.69) is 20.4 Å². The van der Waals surface area contributed by atoms with Crippen molar-refractivity contribution in [3.63, 3.8) is 0 Å². The molecule has 5 nitrogen and oxygen atoms in total. The van der Waals surface area contributed by atoms with Crippen LogP contribution in [0.4, 0.5) is 8.78 Å². The van der Waals surface area contributed by atoms with Gasteiger partial charge in [0.1, 0.15) is 5.75 Å². The van der Waals surface area contributed by atoms with E-state index in [4.69, 9.17) is 11.6 Å². The second kappa shape index (κ2) is 11.2. The Labute approximate surface area is 173 Å². The molecule has 1 aromatic carbocycles. The van der Waals surface area contributed by atoms with Crippen LogP contribution >= 0.6 is 35.6 Å². The molecule has 0 saturated carbocycles. The molecule has 0 fully saturated rings. The summed E-state index contributed by atoms with van der Waals surface area (Å²) in [6, 6.07) is 6.52. The predicted molar refractivity (Wildman–Crippen MR) is 111 cm³/mol. The number of nitrogens with zero attached hydrogens (tertiary/aromatic N) is 2. The third kappa shape index (κ3) is 7.36. The summed E-state index contributed by atoms with van der Waals surface area (Å²) in [4.78, 5) is 4.48. The van der Waals surface area contributed by atoms with Gasteiger partial charge in [-0.1, -0.05) is 11.6 Å². The number of rotatable bonds is 7. The van der Waals surface area contributed by atoms with Gasteiger partial charge in [0.25, 0.3) is 0 Å². The number of hydrogen-bond donors (Lipinski definition) is 2. The zero-order valence-corrected chi connectivity index (χ0v) is 17.6. The smallest absolute Gasteiger partial charge is 0.387 e. The van der Waals surface area contributed by atoms with E-state index >= 15 is 0 Å². The van der Waals surface area contributed by atoms with Crippen LogP contribution in [0.1, 0.15) is 18.1 Å². The topological polar surface area (TPSA) is 50.6 Å². The minimum absolute atomic E-state index is 0. The fourth-order valence-corrected chi connectivity index (χ4v) is 2.44. The monoisotopic (exact) mass is 498 g/mol. The highest BCUT2D eigenvalue weighted by molar-refractivity contribution is 14.0. The summed E-state index contributed by atoms with van der Waals surface area (Å²) in [6.07, 6.45) is 3.93. The van der Waals surface area contributed by atoms with E-state index < -0.39 is 6.61 Å². The Hall–Kier alpha value is -1.55. The highest BCUT2D eigenvalue weighted by Gasteiger charge is 2.11. The Kier molecular flexibility index (Phi) is 9.71. The minimum atomic E-state index is -2.89. The van der Waals surface area contributed by atoms with Crippen molar-refractivity contribution in [1.29, 1.82) is 0 Å². The van der Waals surface area contributed by atoms with Gasteiger partial charge in [0.05, 0.1) is 6.54 Å². The van der Waals surface area contributed by atoms with Crippen molar-refractivity contribution in [1.82, 2.24) is 15.2 Å². The Morgan fingerprint density at radius 1 is 1.31 bits per heavy atom. The average Bonchev–Trinajstić information content (AvgIpc) is 2.97. The lowest BCUT2D eigenvalue weighted by molar-refractivity contribution is -0.0504.